The molecular formula is C33H19NOS. The van der Waals surface area contributed by atoms with E-state index >= 15 is 0 Å². The van der Waals surface area contributed by atoms with E-state index < -0.39 is 0 Å². The van der Waals surface area contributed by atoms with E-state index in [-0.39, 0.29) is 0 Å². The van der Waals surface area contributed by atoms with Crippen molar-refractivity contribution in [3.63, 3.8) is 0 Å². The van der Waals surface area contributed by atoms with Gasteiger partial charge in [-0.15, -0.1) is 11.3 Å². The van der Waals surface area contributed by atoms with Gasteiger partial charge in [0.15, 0.2) is 0 Å². The summed E-state index contributed by atoms with van der Waals surface area (Å²) in [6.45, 7) is 0. The van der Waals surface area contributed by atoms with Gasteiger partial charge in [-0.2, -0.15) is 0 Å². The Morgan fingerprint density at radius 1 is 0.556 bits per heavy atom. The Morgan fingerprint density at radius 2 is 1.31 bits per heavy atom. The quantitative estimate of drug-likeness (QED) is 0.248. The van der Waals surface area contributed by atoms with Crippen molar-refractivity contribution in [3.05, 3.63) is 115 Å². The first-order valence-electron chi connectivity index (χ1n) is 12.0. The molecule has 0 fully saturated rings. The molecule has 0 aliphatic carbocycles. The number of nitrogens with zero attached hydrogens (tertiary/aromatic N) is 1. The highest BCUT2D eigenvalue weighted by Crippen LogP contribution is 2.39. The topological polar surface area (TPSA) is 26.0 Å². The number of hydrogen-bond acceptors (Lipinski definition) is 3. The predicted octanol–water partition coefficient (Wildman–Crippen LogP) is 9.84. The van der Waals surface area contributed by atoms with Gasteiger partial charge in [-0.05, 0) is 34.9 Å². The number of aromatic nitrogens is 1. The number of thiophene rings is 1. The minimum atomic E-state index is 0.924. The molecule has 0 saturated carbocycles. The van der Waals surface area contributed by atoms with Crippen LogP contribution in [0, 0.1) is 0 Å². The summed E-state index contributed by atoms with van der Waals surface area (Å²) in [6, 6.07) is 38.6. The summed E-state index contributed by atoms with van der Waals surface area (Å²) >= 11 is 1.81. The molecule has 168 valence electrons. The van der Waals surface area contributed by atoms with Crippen molar-refractivity contribution in [1.29, 1.82) is 0 Å². The van der Waals surface area contributed by atoms with Crippen LogP contribution in [0.1, 0.15) is 0 Å². The summed E-state index contributed by atoms with van der Waals surface area (Å²) in [5.74, 6) is 0. The predicted molar refractivity (Wildman–Crippen MR) is 153 cm³/mol. The zero-order valence-corrected chi connectivity index (χ0v) is 20.0. The second-order valence-corrected chi connectivity index (χ2v) is 10.3. The van der Waals surface area contributed by atoms with Gasteiger partial charge in [-0.1, -0.05) is 91.0 Å². The van der Waals surface area contributed by atoms with Crippen LogP contribution >= 0.6 is 11.3 Å². The fourth-order valence-corrected chi connectivity index (χ4v) is 6.50. The summed E-state index contributed by atoms with van der Waals surface area (Å²) in [6.07, 6.45) is 2.02. The molecule has 2 nitrogen and oxygen atoms in total. The lowest BCUT2D eigenvalue weighted by atomic mass is 9.97. The van der Waals surface area contributed by atoms with E-state index in [2.05, 4.69) is 97.1 Å². The van der Waals surface area contributed by atoms with E-state index in [1.54, 1.807) is 0 Å². The van der Waals surface area contributed by atoms with Crippen LogP contribution in [0.3, 0.4) is 0 Å². The number of pyridine rings is 1. The highest BCUT2D eigenvalue weighted by atomic mass is 32.1. The highest BCUT2D eigenvalue weighted by molar-refractivity contribution is 7.26. The molecule has 0 saturated heterocycles. The van der Waals surface area contributed by atoms with Crippen molar-refractivity contribution < 1.29 is 4.42 Å². The molecule has 3 aromatic heterocycles. The Labute approximate surface area is 211 Å². The van der Waals surface area contributed by atoms with E-state index in [4.69, 9.17) is 9.40 Å². The molecule has 8 rings (SSSR count). The normalized spacial score (nSPS) is 11.9. The maximum Gasteiger partial charge on any atom is 0.143 e. The molecular weight excluding hydrogens is 458 g/mol. The molecule has 0 aliphatic rings. The molecule has 8 aromatic rings. The number of benzene rings is 5. The summed E-state index contributed by atoms with van der Waals surface area (Å²) < 4.78 is 8.80. The lowest BCUT2D eigenvalue weighted by Gasteiger charge is -2.07. The van der Waals surface area contributed by atoms with Crippen molar-refractivity contribution in [2.45, 2.75) is 0 Å². The van der Waals surface area contributed by atoms with Crippen LogP contribution in [0.5, 0.6) is 0 Å². The van der Waals surface area contributed by atoms with Gasteiger partial charge in [0.25, 0.3) is 0 Å². The van der Waals surface area contributed by atoms with Crippen molar-refractivity contribution >= 4 is 64.4 Å². The SMILES string of the molecule is c1ccc2c(c1)oc1c(-c3ccc(-c4ccc5c(c4)ncc4sc6ccccc6c45)cc3)cccc12. The smallest absolute Gasteiger partial charge is 0.143 e. The van der Waals surface area contributed by atoms with Crippen LogP contribution in [0.2, 0.25) is 0 Å². The Bertz CT molecular complexity index is 2100. The van der Waals surface area contributed by atoms with Gasteiger partial charge in [0.1, 0.15) is 11.2 Å². The first-order valence-corrected chi connectivity index (χ1v) is 12.9. The van der Waals surface area contributed by atoms with Crippen molar-refractivity contribution in [1.82, 2.24) is 4.98 Å². The maximum atomic E-state index is 6.25. The van der Waals surface area contributed by atoms with Gasteiger partial charge in [0, 0.05) is 43.4 Å². The lowest BCUT2D eigenvalue weighted by Crippen LogP contribution is -1.84. The third-order valence-corrected chi connectivity index (χ3v) is 8.25. The van der Waals surface area contributed by atoms with Crippen LogP contribution in [0.15, 0.2) is 120 Å². The lowest BCUT2D eigenvalue weighted by molar-refractivity contribution is 0.670. The molecule has 0 radical (unpaired) electrons. The molecule has 3 heteroatoms. The number of hydrogen-bond donors (Lipinski definition) is 0. The van der Waals surface area contributed by atoms with Gasteiger partial charge in [-0.25, -0.2) is 0 Å². The van der Waals surface area contributed by atoms with E-state index in [9.17, 15) is 0 Å². The summed E-state index contributed by atoms with van der Waals surface area (Å²) in [5.41, 5.74) is 7.49. The summed E-state index contributed by atoms with van der Waals surface area (Å²) in [5, 5.41) is 6.13. The van der Waals surface area contributed by atoms with Gasteiger partial charge >= 0.3 is 0 Å². The fraction of sp³-hybridized carbons (Fsp3) is 0. The van der Waals surface area contributed by atoms with E-state index in [1.165, 1.54) is 36.7 Å². The van der Waals surface area contributed by atoms with Crippen molar-refractivity contribution in [3.8, 4) is 22.3 Å². The van der Waals surface area contributed by atoms with Crippen LogP contribution in [-0.4, -0.2) is 4.98 Å². The Kier molecular flexibility index (Phi) is 4.13. The van der Waals surface area contributed by atoms with Crippen LogP contribution in [0.4, 0.5) is 0 Å². The zero-order valence-electron chi connectivity index (χ0n) is 19.2. The molecule has 3 heterocycles. The van der Waals surface area contributed by atoms with Crippen molar-refractivity contribution in [2.75, 3.05) is 0 Å². The molecule has 0 N–H and O–H groups in total. The molecule has 0 aliphatic heterocycles. The zero-order chi connectivity index (χ0) is 23.6. The average molecular weight is 478 g/mol. The van der Waals surface area contributed by atoms with Gasteiger partial charge < -0.3 is 4.42 Å². The van der Waals surface area contributed by atoms with Crippen LogP contribution in [-0.2, 0) is 0 Å². The van der Waals surface area contributed by atoms with Gasteiger partial charge in [0.05, 0.1) is 10.2 Å². The van der Waals surface area contributed by atoms with E-state index in [1.807, 2.05) is 29.7 Å². The summed E-state index contributed by atoms with van der Waals surface area (Å²) in [7, 11) is 0. The largest absolute Gasteiger partial charge is 0.455 e. The minimum Gasteiger partial charge on any atom is -0.455 e. The second-order valence-electron chi connectivity index (χ2n) is 9.19. The first-order chi connectivity index (χ1) is 17.8. The molecule has 0 unspecified atom stereocenters. The van der Waals surface area contributed by atoms with E-state index in [0.717, 1.165) is 38.6 Å². The first kappa shape index (κ1) is 19.8. The highest BCUT2D eigenvalue weighted by Gasteiger charge is 2.13. The number of furan rings is 1. The molecule has 0 amide bonds. The van der Waals surface area contributed by atoms with Crippen molar-refractivity contribution in [2.24, 2.45) is 0 Å². The third-order valence-electron chi connectivity index (χ3n) is 7.14. The Balaban J connectivity index is 1.23. The minimum absolute atomic E-state index is 0.924. The third kappa shape index (κ3) is 2.87. The van der Waals surface area contributed by atoms with Gasteiger partial charge in [0.2, 0.25) is 0 Å². The maximum absolute atomic E-state index is 6.25. The fourth-order valence-electron chi connectivity index (χ4n) is 5.41. The van der Waals surface area contributed by atoms with Gasteiger partial charge in [-0.3, -0.25) is 4.98 Å². The molecule has 0 spiro atoms. The molecule has 0 bridgehead atoms. The number of rotatable bonds is 2. The monoisotopic (exact) mass is 477 g/mol. The number of fused-ring (bicyclic) bond motifs is 8. The van der Waals surface area contributed by atoms with Crippen LogP contribution < -0.4 is 0 Å². The standard InChI is InChI=1S/C33H19NOS/c1-3-10-29-24(6-1)25-9-5-8-23(33(25)35-29)21-14-12-20(13-15-21)22-16-17-26-28(18-22)34-19-31-32(26)27-7-2-4-11-30(27)36-31/h1-19H. The summed E-state index contributed by atoms with van der Waals surface area (Å²) in [4.78, 5) is 4.81. The van der Waals surface area contributed by atoms with Crippen LogP contribution in [0.25, 0.3) is 75.3 Å². The molecule has 5 aromatic carbocycles. The number of para-hydroxylation sites is 2. The Morgan fingerprint density at radius 3 is 2.22 bits per heavy atom. The Hall–Kier alpha value is -4.47. The molecule has 0 atom stereocenters. The van der Waals surface area contributed by atoms with E-state index in [0.29, 0.717) is 0 Å². The molecule has 36 heavy (non-hydrogen) atoms. The second kappa shape index (κ2) is 7.51. The average Bonchev–Trinajstić information content (AvgIpc) is 3.51.